The quantitative estimate of drug-likeness (QED) is 0.677. The fraction of sp³-hybridized carbons (Fsp3) is 0.391. The van der Waals surface area contributed by atoms with E-state index in [0.717, 1.165) is 41.5 Å². The highest BCUT2D eigenvalue weighted by Gasteiger charge is 2.48. The first-order valence-corrected chi connectivity index (χ1v) is 11.3. The van der Waals surface area contributed by atoms with E-state index in [2.05, 4.69) is 5.32 Å². The molecule has 156 valence electrons. The molecule has 0 spiro atoms. The first kappa shape index (κ1) is 19.3. The molecular formula is C23H24FN3O2S. The standard InChI is InChI=1S/C23H24FN3O2S/c1-23(22(29)25-17-4-2-3-5-17)14-26-18-10-11-30-20(18)12-19(26)21(28)27(23)13-15-6-8-16(24)9-7-15/h6-12,17H,2-5,13-14H2,1H3,(H,25,29)/t23-/m1/s1. The number of carbonyl (C=O) groups is 2. The normalized spacial score (nSPS) is 21.9. The zero-order chi connectivity index (χ0) is 20.9. The van der Waals surface area contributed by atoms with Crippen molar-refractivity contribution in [2.75, 3.05) is 0 Å². The second kappa shape index (κ2) is 7.23. The first-order chi connectivity index (χ1) is 14.5. The third-order valence-corrected chi connectivity index (χ3v) is 7.34. The van der Waals surface area contributed by atoms with Gasteiger partial charge >= 0.3 is 0 Å². The molecule has 2 amide bonds. The highest BCUT2D eigenvalue weighted by molar-refractivity contribution is 7.17. The van der Waals surface area contributed by atoms with Crippen molar-refractivity contribution >= 4 is 33.4 Å². The van der Waals surface area contributed by atoms with Gasteiger partial charge in [-0.3, -0.25) is 9.59 Å². The van der Waals surface area contributed by atoms with E-state index in [1.807, 2.05) is 29.0 Å². The molecule has 5 rings (SSSR count). The third-order valence-electron chi connectivity index (χ3n) is 6.48. The van der Waals surface area contributed by atoms with E-state index >= 15 is 0 Å². The summed E-state index contributed by atoms with van der Waals surface area (Å²) in [7, 11) is 0. The number of amides is 2. The molecule has 1 fully saturated rings. The molecule has 5 nitrogen and oxygen atoms in total. The predicted octanol–water partition coefficient (Wildman–Crippen LogP) is 4.32. The summed E-state index contributed by atoms with van der Waals surface area (Å²) >= 11 is 1.59. The number of benzene rings is 1. The van der Waals surface area contributed by atoms with Gasteiger partial charge in [-0.1, -0.05) is 25.0 Å². The van der Waals surface area contributed by atoms with Gasteiger partial charge in [-0.2, -0.15) is 0 Å². The fourth-order valence-corrected chi connectivity index (χ4v) is 5.53. The number of aromatic nitrogens is 1. The van der Waals surface area contributed by atoms with E-state index in [-0.39, 0.29) is 30.2 Å². The van der Waals surface area contributed by atoms with Crippen LogP contribution in [0.15, 0.2) is 41.8 Å². The topological polar surface area (TPSA) is 54.3 Å². The number of fused-ring (bicyclic) bond motifs is 3. The van der Waals surface area contributed by atoms with Gasteiger partial charge in [0.25, 0.3) is 5.91 Å². The lowest BCUT2D eigenvalue weighted by Gasteiger charge is -2.44. The van der Waals surface area contributed by atoms with Crippen LogP contribution in [0.1, 0.15) is 48.7 Å². The van der Waals surface area contributed by atoms with E-state index < -0.39 is 5.54 Å². The van der Waals surface area contributed by atoms with Crippen molar-refractivity contribution in [2.24, 2.45) is 0 Å². The third kappa shape index (κ3) is 3.12. The van der Waals surface area contributed by atoms with Crippen LogP contribution in [0.25, 0.3) is 10.2 Å². The largest absolute Gasteiger partial charge is 0.351 e. The summed E-state index contributed by atoms with van der Waals surface area (Å²) in [5.74, 6) is -0.606. The molecule has 1 aliphatic carbocycles. The molecule has 2 aliphatic rings. The summed E-state index contributed by atoms with van der Waals surface area (Å²) in [6.45, 7) is 2.50. The fourth-order valence-electron chi connectivity index (χ4n) is 4.70. The van der Waals surface area contributed by atoms with E-state index in [1.165, 1.54) is 12.1 Å². The first-order valence-electron chi connectivity index (χ1n) is 10.4. The summed E-state index contributed by atoms with van der Waals surface area (Å²) < 4.78 is 16.4. The van der Waals surface area contributed by atoms with Gasteiger partial charge < -0.3 is 14.8 Å². The van der Waals surface area contributed by atoms with Crippen LogP contribution in [0.5, 0.6) is 0 Å². The van der Waals surface area contributed by atoms with Gasteiger partial charge in [0.2, 0.25) is 5.91 Å². The molecule has 0 bridgehead atoms. The lowest BCUT2D eigenvalue weighted by atomic mass is 9.93. The molecule has 0 radical (unpaired) electrons. The number of rotatable bonds is 4. The average Bonchev–Trinajstić information content (AvgIpc) is 3.45. The smallest absolute Gasteiger partial charge is 0.271 e. The molecule has 3 heterocycles. The molecule has 30 heavy (non-hydrogen) atoms. The molecular weight excluding hydrogens is 401 g/mol. The lowest BCUT2D eigenvalue weighted by Crippen LogP contribution is -2.64. The Morgan fingerprint density at radius 2 is 1.97 bits per heavy atom. The maximum absolute atomic E-state index is 13.6. The Labute approximate surface area is 178 Å². The van der Waals surface area contributed by atoms with Crippen LogP contribution >= 0.6 is 11.3 Å². The number of thiophene rings is 1. The van der Waals surface area contributed by atoms with E-state index in [4.69, 9.17) is 0 Å². The molecule has 1 N–H and O–H groups in total. The van der Waals surface area contributed by atoms with Crippen molar-refractivity contribution in [1.29, 1.82) is 0 Å². The van der Waals surface area contributed by atoms with E-state index in [0.29, 0.717) is 12.2 Å². The van der Waals surface area contributed by atoms with Crippen molar-refractivity contribution in [3.05, 3.63) is 58.9 Å². The molecule has 2 aromatic heterocycles. The Bertz CT molecular complexity index is 1110. The van der Waals surface area contributed by atoms with E-state index in [9.17, 15) is 14.0 Å². The van der Waals surface area contributed by atoms with Crippen LogP contribution in [-0.4, -0.2) is 32.9 Å². The molecule has 3 aromatic rings. The Kier molecular flexibility index (Phi) is 4.65. The lowest BCUT2D eigenvalue weighted by molar-refractivity contribution is -0.133. The number of hydrogen-bond donors (Lipinski definition) is 1. The van der Waals surface area contributed by atoms with Crippen LogP contribution in [0, 0.1) is 5.82 Å². The van der Waals surface area contributed by atoms with Gasteiger partial charge in [0.05, 0.1) is 16.8 Å². The predicted molar refractivity (Wildman–Crippen MR) is 115 cm³/mol. The van der Waals surface area contributed by atoms with Crippen LogP contribution < -0.4 is 5.32 Å². The van der Waals surface area contributed by atoms with Crippen LogP contribution in [0.2, 0.25) is 0 Å². The number of halogens is 1. The molecule has 1 atom stereocenters. The maximum atomic E-state index is 13.6. The van der Waals surface area contributed by atoms with Crippen molar-refractivity contribution in [1.82, 2.24) is 14.8 Å². The van der Waals surface area contributed by atoms with Gasteiger partial charge in [-0.05, 0) is 55.0 Å². The molecule has 0 unspecified atom stereocenters. The molecule has 1 aliphatic heterocycles. The highest BCUT2D eigenvalue weighted by atomic mass is 32.1. The minimum absolute atomic E-state index is 0.118. The molecule has 1 saturated carbocycles. The van der Waals surface area contributed by atoms with Crippen molar-refractivity contribution in [3.63, 3.8) is 0 Å². The average molecular weight is 426 g/mol. The van der Waals surface area contributed by atoms with Crippen molar-refractivity contribution in [2.45, 2.75) is 57.3 Å². The van der Waals surface area contributed by atoms with Crippen molar-refractivity contribution < 1.29 is 14.0 Å². The van der Waals surface area contributed by atoms with Gasteiger partial charge in [0.1, 0.15) is 17.1 Å². The summed E-state index contributed by atoms with van der Waals surface area (Å²) in [6.07, 6.45) is 4.21. The van der Waals surface area contributed by atoms with Gasteiger partial charge in [-0.15, -0.1) is 11.3 Å². The molecule has 7 heteroatoms. The highest BCUT2D eigenvalue weighted by Crippen LogP contribution is 2.35. The van der Waals surface area contributed by atoms with E-state index in [1.54, 1.807) is 28.4 Å². The summed E-state index contributed by atoms with van der Waals surface area (Å²) in [5.41, 5.74) is 1.36. The summed E-state index contributed by atoms with van der Waals surface area (Å²) in [6, 6.07) is 10.2. The maximum Gasteiger partial charge on any atom is 0.271 e. The monoisotopic (exact) mass is 425 g/mol. The summed E-state index contributed by atoms with van der Waals surface area (Å²) in [5, 5.41) is 5.20. The van der Waals surface area contributed by atoms with Gasteiger partial charge in [-0.25, -0.2) is 4.39 Å². The van der Waals surface area contributed by atoms with Crippen LogP contribution in [0.3, 0.4) is 0 Å². The summed E-state index contributed by atoms with van der Waals surface area (Å²) in [4.78, 5) is 28.7. The molecule has 0 saturated heterocycles. The Morgan fingerprint density at radius 3 is 2.70 bits per heavy atom. The minimum Gasteiger partial charge on any atom is -0.351 e. The zero-order valence-electron chi connectivity index (χ0n) is 16.9. The second-order valence-corrected chi connectivity index (χ2v) is 9.48. The number of nitrogens with zero attached hydrogens (tertiary/aromatic N) is 2. The SMILES string of the molecule is C[C@]1(C(=O)NC2CCCC2)Cn2c(cc3sccc32)C(=O)N1Cc1ccc(F)cc1. The van der Waals surface area contributed by atoms with Gasteiger partial charge in [0, 0.05) is 12.6 Å². The molecule has 1 aromatic carbocycles. The number of hydrogen-bond acceptors (Lipinski definition) is 3. The second-order valence-electron chi connectivity index (χ2n) is 8.53. The minimum atomic E-state index is -1.03. The van der Waals surface area contributed by atoms with Gasteiger partial charge in [0.15, 0.2) is 0 Å². The Hall–Kier alpha value is -2.67. The number of carbonyl (C=O) groups excluding carboxylic acids is 2. The zero-order valence-corrected chi connectivity index (χ0v) is 17.7. The Morgan fingerprint density at radius 1 is 1.23 bits per heavy atom. The van der Waals surface area contributed by atoms with Crippen LogP contribution in [0.4, 0.5) is 4.39 Å². The Balaban J connectivity index is 1.54. The number of nitrogens with one attached hydrogen (secondary N) is 1. The van der Waals surface area contributed by atoms with Crippen LogP contribution in [-0.2, 0) is 17.9 Å². The van der Waals surface area contributed by atoms with Crippen molar-refractivity contribution in [3.8, 4) is 0 Å².